The van der Waals surface area contributed by atoms with Crippen LogP contribution in [0.5, 0.6) is 0 Å². The monoisotopic (exact) mass is 239 g/mol. The Bertz CT molecular complexity index is 390. The molecule has 0 radical (unpaired) electrons. The first-order valence-electron chi connectivity index (χ1n) is 5.47. The number of rotatable bonds is 3. The number of nitrogens with one attached hydrogen (secondary N) is 1. The van der Waals surface area contributed by atoms with E-state index in [9.17, 15) is 9.18 Å². The van der Waals surface area contributed by atoms with Gasteiger partial charge in [0.1, 0.15) is 12.4 Å². The zero-order valence-corrected chi connectivity index (χ0v) is 10.6. The Morgan fingerprint density at radius 3 is 2.53 bits per heavy atom. The molecule has 3 nitrogen and oxygen atoms in total. The second kappa shape index (κ2) is 5.27. The zero-order chi connectivity index (χ0) is 13.1. The number of benzene rings is 1. The molecule has 0 atom stereocenters. The van der Waals surface area contributed by atoms with E-state index in [4.69, 9.17) is 4.74 Å². The first-order valence-corrected chi connectivity index (χ1v) is 5.47. The molecule has 0 unspecified atom stereocenters. The summed E-state index contributed by atoms with van der Waals surface area (Å²) in [6.45, 7) is 7.33. The second-order valence-corrected chi connectivity index (χ2v) is 4.97. The van der Waals surface area contributed by atoms with Gasteiger partial charge in [-0.25, -0.2) is 4.39 Å². The molecule has 4 heteroatoms. The third kappa shape index (κ3) is 5.45. The number of amides is 1. The van der Waals surface area contributed by atoms with Crippen LogP contribution in [0, 0.1) is 12.7 Å². The van der Waals surface area contributed by atoms with Gasteiger partial charge in [-0.2, -0.15) is 0 Å². The number of ether oxygens (including phenoxy) is 1. The third-order valence-electron chi connectivity index (χ3n) is 1.96. The maximum absolute atomic E-state index is 13.1. The van der Waals surface area contributed by atoms with Crippen molar-refractivity contribution in [2.75, 3.05) is 11.9 Å². The quantitative estimate of drug-likeness (QED) is 0.880. The van der Waals surface area contributed by atoms with E-state index in [1.807, 2.05) is 20.8 Å². The predicted molar refractivity (Wildman–Crippen MR) is 65.5 cm³/mol. The normalized spacial score (nSPS) is 11.4. The number of anilines is 1. The minimum Gasteiger partial charge on any atom is -0.366 e. The van der Waals surface area contributed by atoms with Crippen LogP contribution in [0.4, 0.5) is 10.1 Å². The topological polar surface area (TPSA) is 38.3 Å². The molecular formula is C13H18FNO2. The molecule has 0 bridgehead atoms. The first kappa shape index (κ1) is 13.6. The summed E-state index contributed by atoms with van der Waals surface area (Å²) in [4.78, 5) is 11.5. The van der Waals surface area contributed by atoms with E-state index in [2.05, 4.69) is 5.32 Å². The smallest absolute Gasteiger partial charge is 0.250 e. The number of hydrogen-bond acceptors (Lipinski definition) is 2. The van der Waals surface area contributed by atoms with E-state index >= 15 is 0 Å². The van der Waals surface area contributed by atoms with Crippen LogP contribution in [-0.4, -0.2) is 18.1 Å². The molecule has 0 saturated carbocycles. The van der Waals surface area contributed by atoms with Gasteiger partial charge in [0.25, 0.3) is 0 Å². The van der Waals surface area contributed by atoms with Gasteiger partial charge < -0.3 is 10.1 Å². The van der Waals surface area contributed by atoms with Gasteiger partial charge in [-0.05, 0) is 51.5 Å². The number of halogens is 1. The molecule has 17 heavy (non-hydrogen) atoms. The van der Waals surface area contributed by atoms with Crippen molar-refractivity contribution < 1.29 is 13.9 Å². The van der Waals surface area contributed by atoms with Gasteiger partial charge in [0.15, 0.2) is 0 Å². The fraction of sp³-hybridized carbons (Fsp3) is 0.462. The lowest BCUT2D eigenvalue weighted by Gasteiger charge is -2.19. The predicted octanol–water partition coefficient (Wildman–Crippen LogP) is 2.89. The Morgan fingerprint density at radius 2 is 2.00 bits per heavy atom. The highest BCUT2D eigenvalue weighted by Gasteiger charge is 2.13. The summed E-state index contributed by atoms with van der Waals surface area (Å²) >= 11 is 0. The number of carbonyl (C=O) groups is 1. The molecule has 1 aromatic rings. The standard InChI is InChI=1S/C13H18FNO2/c1-9-5-10(14)7-11(6-9)15-12(16)8-17-13(2,3)4/h5-7H,8H2,1-4H3,(H,15,16). The molecule has 0 saturated heterocycles. The fourth-order valence-corrected chi connectivity index (χ4v) is 1.29. The summed E-state index contributed by atoms with van der Waals surface area (Å²) in [5.41, 5.74) is 0.844. The first-order chi connectivity index (χ1) is 7.76. The van der Waals surface area contributed by atoms with Crippen LogP contribution >= 0.6 is 0 Å². The van der Waals surface area contributed by atoms with Gasteiger partial charge in [-0.3, -0.25) is 4.79 Å². The lowest BCUT2D eigenvalue weighted by atomic mass is 10.2. The number of carbonyl (C=O) groups excluding carboxylic acids is 1. The van der Waals surface area contributed by atoms with Crippen LogP contribution in [0.25, 0.3) is 0 Å². The SMILES string of the molecule is Cc1cc(F)cc(NC(=O)COC(C)(C)C)c1. The average molecular weight is 239 g/mol. The highest BCUT2D eigenvalue weighted by Crippen LogP contribution is 2.13. The molecule has 1 N–H and O–H groups in total. The molecule has 0 aliphatic carbocycles. The van der Waals surface area contributed by atoms with Crippen molar-refractivity contribution in [3.63, 3.8) is 0 Å². The van der Waals surface area contributed by atoms with Crippen molar-refractivity contribution in [1.82, 2.24) is 0 Å². The Balaban J connectivity index is 2.56. The van der Waals surface area contributed by atoms with Gasteiger partial charge in [-0.15, -0.1) is 0 Å². The molecule has 0 spiro atoms. The van der Waals surface area contributed by atoms with E-state index in [0.717, 1.165) is 5.56 Å². The maximum atomic E-state index is 13.1. The third-order valence-corrected chi connectivity index (χ3v) is 1.96. The van der Waals surface area contributed by atoms with E-state index in [-0.39, 0.29) is 23.9 Å². The van der Waals surface area contributed by atoms with Crippen molar-refractivity contribution >= 4 is 11.6 Å². The summed E-state index contributed by atoms with van der Waals surface area (Å²) in [5, 5.41) is 2.59. The summed E-state index contributed by atoms with van der Waals surface area (Å²) < 4.78 is 18.4. The van der Waals surface area contributed by atoms with Crippen molar-refractivity contribution in [2.24, 2.45) is 0 Å². The van der Waals surface area contributed by atoms with E-state index in [1.165, 1.54) is 12.1 Å². The van der Waals surface area contributed by atoms with Crippen LogP contribution in [0.3, 0.4) is 0 Å². The van der Waals surface area contributed by atoms with Crippen LogP contribution in [-0.2, 0) is 9.53 Å². The van der Waals surface area contributed by atoms with Crippen LogP contribution < -0.4 is 5.32 Å². The van der Waals surface area contributed by atoms with E-state index in [1.54, 1.807) is 13.0 Å². The van der Waals surface area contributed by atoms with E-state index in [0.29, 0.717) is 5.69 Å². The number of aryl methyl sites for hydroxylation is 1. The highest BCUT2D eigenvalue weighted by molar-refractivity contribution is 5.91. The fourth-order valence-electron chi connectivity index (χ4n) is 1.29. The van der Waals surface area contributed by atoms with Gasteiger partial charge in [0.05, 0.1) is 5.60 Å². The van der Waals surface area contributed by atoms with Crippen molar-refractivity contribution in [1.29, 1.82) is 0 Å². The van der Waals surface area contributed by atoms with Crippen molar-refractivity contribution in [3.05, 3.63) is 29.6 Å². The van der Waals surface area contributed by atoms with Gasteiger partial charge in [0, 0.05) is 5.69 Å². The summed E-state index contributed by atoms with van der Waals surface area (Å²) in [6.07, 6.45) is 0. The molecule has 0 fully saturated rings. The zero-order valence-electron chi connectivity index (χ0n) is 10.6. The minimum absolute atomic E-state index is 0.0426. The Labute approximate surface area is 101 Å². The minimum atomic E-state index is -0.366. The summed E-state index contributed by atoms with van der Waals surface area (Å²) in [7, 11) is 0. The molecule has 1 aromatic carbocycles. The van der Waals surface area contributed by atoms with Crippen LogP contribution in [0.1, 0.15) is 26.3 Å². The molecule has 1 rings (SSSR count). The van der Waals surface area contributed by atoms with Gasteiger partial charge in [-0.1, -0.05) is 0 Å². The summed E-state index contributed by atoms with van der Waals surface area (Å²) in [6, 6.07) is 4.39. The number of hydrogen-bond donors (Lipinski definition) is 1. The molecule has 1 amide bonds. The molecule has 0 aromatic heterocycles. The Morgan fingerprint density at radius 1 is 1.35 bits per heavy atom. The maximum Gasteiger partial charge on any atom is 0.250 e. The van der Waals surface area contributed by atoms with Gasteiger partial charge in [0.2, 0.25) is 5.91 Å². The van der Waals surface area contributed by atoms with Gasteiger partial charge >= 0.3 is 0 Å². The largest absolute Gasteiger partial charge is 0.366 e. The van der Waals surface area contributed by atoms with Crippen LogP contribution in [0.15, 0.2) is 18.2 Å². The molecule has 0 aliphatic rings. The highest BCUT2D eigenvalue weighted by atomic mass is 19.1. The molecule has 0 heterocycles. The molecular weight excluding hydrogens is 221 g/mol. The van der Waals surface area contributed by atoms with Crippen molar-refractivity contribution in [3.8, 4) is 0 Å². The van der Waals surface area contributed by atoms with Crippen LogP contribution in [0.2, 0.25) is 0 Å². The Hall–Kier alpha value is -1.42. The van der Waals surface area contributed by atoms with Crippen molar-refractivity contribution in [2.45, 2.75) is 33.3 Å². The van der Waals surface area contributed by atoms with E-state index < -0.39 is 0 Å². The lowest BCUT2D eigenvalue weighted by molar-refractivity contribution is -0.125. The second-order valence-electron chi connectivity index (χ2n) is 4.97. The average Bonchev–Trinajstić information content (AvgIpc) is 2.11. The lowest BCUT2D eigenvalue weighted by Crippen LogP contribution is -2.27. The molecule has 0 aliphatic heterocycles. The summed E-state index contributed by atoms with van der Waals surface area (Å²) in [5.74, 6) is -0.651. The molecule has 94 valence electrons. The Kier molecular flexibility index (Phi) is 4.23.